The fourth-order valence-electron chi connectivity index (χ4n) is 2.83. The van der Waals surface area contributed by atoms with Crippen LogP contribution in [0.1, 0.15) is 34.1 Å². The Morgan fingerprint density at radius 2 is 1.60 bits per heavy atom. The van der Waals surface area contributed by atoms with Gasteiger partial charge in [0.05, 0.1) is 5.75 Å². The maximum atomic E-state index is 11.0. The van der Waals surface area contributed by atoms with Gasteiger partial charge in [-0.05, 0) is 23.2 Å². The molecule has 0 saturated heterocycles. The highest BCUT2D eigenvalue weighted by Gasteiger charge is 2.66. The summed E-state index contributed by atoms with van der Waals surface area (Å²) < 4.78 is 22.1. The van der Waals surface area contributed by atoms with Crippen molar-refractivity contribution in [3.63, 3.8) is 0 Å². The molecule has 0 heterocycles. The molecule has 4 heteroatoms. The van der Waals surface area contributed by atoms with E-state index in [4.69, 9.17) is 5.73 Å². The smallest absolute Gasteiger partial charge is 0.147 e. The van der Waals surface area contributed by atoms with E-state index in [9.17, 15) is 8.42 Å². The quantitative estimate of drug-likeness (QED) is 0.799. The molecule has 1 aliphatic carbocycles. The van der Waals surface area contributed by atoms with E-state index in [-0.39, 0.29) is 22.6 Å². The average Bonchev–Trinajstić information content (AvgIpc) is 2.37. The molecular formula is C11H23NO2S. The van der Waals surface area contributed by atoms with Crippen LogP contribution in [0.15, 0.2) is 0 Å². The Morgan fingerprint density at radius 1 is 1.20 bits per heavy atom. The Kier molecular flexibility index (Phi) is 2.99. The lowest BCUT2D eigenvalue weighted by atomic mass is 10.0. The maximum Gasteiger partial charge on any atom is 0.147 e. The zero-order valence-corrected chi connectivity index (χ0v) is 11.2. The lowest BCUT2D eigenvalue weighted by Gasteiger charge is -2.12. The van der Waals surface area contributed by atoms with E-state index in [2.05, 4.69) is 27.7 Å². The van der Waals surface area contributed by atoms with Gasteiger partial charge < -0.3 is 5.73 Å². The SMILES string of the molecule is CC1(C)C(C(N)CCS(C)(=O)=O)C1(C)C. The molecule has 0 aliphatic heterocycles. The lowest BCUT2D eigenvalue weighted by Crippen LogP contribution is -2.28. The highest BCUT2D eigenvalue weighted by atomic mass is 32.2. The highest BCUT2D eigenvalue weighted by molar-refractivity contribution is 7.90. The number of rotatable bonds is 4. The summed E-state index contributed by atoms with van der Waals surface area (Å²) in [7, 11) is -2.88. The minimum Gasteiger partial charge on any atom is -0.327 e. The Morgan fingerprint density at radius 3 is 1.87 bits per heavy atom. The van der Waals surface area contributed by atoms with Crippen molar-refractivity contribution in [3.05, 3.63) is 0 Å². The maximum absolute atomic E-state index is 11.0. The molecule has 0 bridgehead atoms. The Balaban J connectivity index is 2.55. The van der Waals surface area contributed by atoms with E-state index >= 15 is 0 Å². The first-order valence-electron chi connectivity index (χ1n) is 5.43. The first-order chi connectivity index (χ1) is 6.50. The van der Waals surface area contributed by atoms with Crippen LogP contribution in [0.25, 0.3) is 0 Å². The summed E-state index contributed by atoms with van der Waals surface area (Å²) in [6.45, 7) is 8.83. The summed E-state index contributed by atoms with van der Waals surface area (Å²) in [6.07, 6.45) is 1.85. The normalized spacial score (nSPS) is 26.3. The van der Waals surface area contributed by atoms with Crippen molar-refractivity contribution >= 4 is 9.84 Å². The summed E-state index contributed by atoms with van der Waals surface area (Å²) in [5.74, 6) is 0.642. The van der Waals surface area contributed by atoms with E-state index in [0.29, 0.717) is 12.3 Å². The predicted molar refractivity (Wildman–Crippen MR) is 63.4 cm³/mol. The van der Waals surface area contributed by atoms with Crippen LogP contribution in [0, 0.1) is 16.7 Å². The van der Waals surface area contributed by atoms with E-state index < -0.39 is 9.84 Å². The number of hydrogen-bond acceptors (Lipinski definition) is 3. The zero-order chi connectivity index (χ0) is 12.1. The fourth-order valence-corrected chi connectivity index (χ4v) is 3.53. The van der Waals surface area contributed by atoms with Gasteiger partial charge in [0.25, 0.3) is 0 Å². The first kappa shape index (κ1) is 13.0. The molecule has 1 atom stereocenters. The van der Waals surface area contributed by atoms with E-state index in [1.807, 2.05) is 0 Å². The Labute approximate surface area is 93.3 Å². The molecule has 0 aromatic rings. The van der Waals surface area contributed by atoms with E-state index in [0.717, 1.165) is 0 Å². The van der Waals surface area contributed by atoms with Gasteiger partial charge in [-0.1, -0.05) is 27.7 Å². The van der Waals surface area contributed by atoms with Gasteiger partial charge in [-0.2, -0.15) is 0 Å². The minimum atomic E-state index is -2.88. The number of hydrogen-bond donors (Lipinski definition) is 1. The molecule has 90 valence electrons. The number of sulfone groups is 1. The molecule has 3 nitrogen and oxygen atoms in total. The van der Waals surface area contributed by atoms with Crippen molar-refractivity contribution in [2.24, 2.45) is 22.5 Å². The third-order valence-corrected chi connectivity index (χ3v) is 5.36. The molecule has 0 aromatic heterocycles. The van der Waals surface area contributed by atoms with Crippen LogP contribution < -0.4 is 5.73 Å². The van der Waals surface area contributed by atoms with Gasteiger partial charge in [0.15, 0.2) is 0 Å². The van der Waals surface area contributed by atoms with Crippen molar-refractivity contribution in [2.45, 2.75) is 40.2 Å². The molecular weight excluding hydrogens is 210 g/mol. The lowest BCUT2D eigenvalue weighted by molar-refractivity contribution is 0.457. The summed E-state index contributed by atoms with van der Waals surface area (Å²) in [4.78, 5) is 0. The van der Waals surface area contributed by atoms with Crippen LogP contribution in [0.5, 0.6) is 0 Å². The minimum absolute atomic E-state index is 0.00438. The van der Waals surface area contributed by atoms with Crippen LogP contribution in [0.4, 0.5) is 0 Å². The fraction of sp³-hybridized carbons (Fsp3) is 1.00. The van der Waals surface area contributed by atoms with E-state index in [1.165, 1.54) is 6.26 Å². The summed E-state index contributed by atoms with van der Waals surface area (Å²) >= 11 is 0. The van der Waals surface area contributed by atoms with Crippen LogP contribution in [0.3, 0.4) is 0 Å². The topological polar surface area (TPSA) is 60.2 Å². The molecule has 0 aromatic carbocycles. The second-order valence-electron chi connectivity index (χ2n) is 6.00. The van der Waals surface area contributed by atoms with Crippen molar-refractivity contribution < 1.29 is 8.42 Å². The molecule has 2 N–H and O–H groups in total. The average molecular weight is 233 g/mol. The van der Waals surface area contributed by atoms with Gasteiger partial charge in [0.2, 0.25) is 0 Å². The van der Waals surface area contributed by atoms with Gasteiger partial charge in [0, 0.05) is 12.3 Å². The summed E-state index contributed by atoms with van der Waals surface area (Å²) in [5.41, 5.74) is 6.55. The summed E-state index contributed by atoms with van der Waals surface area (Å²) in [6, 6.07) is 0.00438. The molecule has 1 unspecified atom stereocenters. The monoisotopic (exact) mass is 233 g/mol. The Hall–Kier alpha value is -0.0900. The molecule has 1 saturated carbocycles. The summed E-state index contributed by atoms with van der Waals surface area (Å²) in [5, 5.41) is 0. The van der Waals surface area contributed by atoms with Gasteiger partial charge in [-0.15, -0.1) is 0 Å². The van der Waals surface area contributed by atoms with Gasteiger partial charge in [0.1, 0.15) is 9.84 Å². The molecule has 0 amide bonds. The molecule has 15 heavy (non-hydrogen) atoms. The van der Waals surface area contributed by atoms with Crippen LogP contribution in [0.2, 0.25) is 0 Å². The molecule has 1 aliphatic rings. The third kappa shape index (κ3) is 2.36. The van der Waals surface area contributed by atoms with Crippen LogP contribution in [-0.2, 0) is 9.84 Å². The van der Waals surface area contributed by atoms with Gasteiger partial charge in [-0.3, -0.25) is 0 Å². The second-order valence-corrected chi connectivity index (χ2v) is 8.26. The van der Waals surface area contributed by atoms with E-state index in [1.54, 1.807) is 0 Å². The second kappa shape index (κ2) is 3.45. The highest BCUT2D eigenvalue weighted by Crippen LogP contribution is 2.69. The molecule has 0 radical (unpaired) electrons. The first-order valence-corrected chi connectivity index (χ1v) is 7.49. The predicted octanol–water partition coefficient (Wildman–Crippen LogP) is 1.43. The van der Waals surface area contributed by atoms with Gasteiger partial charge >= 0.3 is 0 Å². The largest absolute Gasteiger partial charge is 0.327 e. The van der Waals surface area contributed by atoms with Crippen molar-refractivity contribution in [3.8, 4) is 0 Å². The van der Waals surface area contributed by atoms with Crippen LogP contribution >= 0.6 is 0 Å². The molecule has 1 rings (SSSR count). The van der Waals surface area contributed by atoms with Crippen molar-refractivity contribution in [1.82, 2.24) is 0 Å². The number of nitrogens with two attached hydrogens (primary N) is 1. The van der Waals surface area contributed by atoms with Gasteiger partial charge in [-0.25, -0.2) is 8.42 Å². The third-order valence-electron chi connectivity index (χ3n) is 4.38. The van der Waals surface area contributed by atoms with Crippen molar-refractivity contribution in [2.75, 3.05) is 12.0 Å². The van der Waals surface area contributed by atoms with Crippen LogP contribution in [-0.4, -0.2) is 26.5 Å². The standard InChI is InChI=1S/C11H23NO2S/c1-10(2)9(11(10,3)4)8(12)6-7-15(5,13)14/h8-9H,6-7,12H2,1-5H3. The molecule has 0 spiro atoms. The Bertz CT molecular complexity index is 330. The van der Waals surface area contributed by atoms with Crippen molar-refractivity contribution in [1.29, 1.82) is 0 Å². The molecule has 1 fully saturated rings. The zero-order valence-electron chi connectivity index (χ0n) is 10.4.